The van der Waals surface area contributed by atoms with Crippen LogP contribution in [0.15, 0.2) is 24.3 Å². The lowest BCUT2D eigenvalue weighted by molar-refractivity contribution is -0.185. The van der Waals surface area contributed by atoms with E-state index >= 15 is 0 Å². The van der Waals surface area contributed by atoms with Crippen molar-refractivity contribution in [2.45, 2.75) is 225 Å². The number of allylic oxidation sites excluding steroid dienone is 4. The first-order valence-electron chi connectivity index (χ1n) is 24.2. The highest BCUT2D eigenvalue weighted by Crippen LogP contribution is 2.30. The Balaban J connectivity index is 2.83. The number of esters is 1. The number of rotatable bonds is 39. The molecule has 10 heteroatoms. The van der Waals surface area contributed by atoms with E-state index in [1.54, 1.807) is 0 Å². The number of hydrogen-bond donors (Lipinski definition) is 1. The van der Waals surface area contributed by atoms with Crippen LogP contribution in [0.4, 0.5) is 4.79 Å². The summed E-state index contributed by atoms with van der Waals surface area (Å²) in [5.41, 5.74) is -1.74. The van der Waals surface area contributed by atoms with Crippen molar-refractivity contribution in [1.82, 2.24) is 4.90 Å². The van der Waals surface area contributed by atoms with E-state index in [0.717, 1.165) is 90.1 Å². The number of nitrogens with zero attached hydrogens (tertiary/aromatic N) is 1. The molecule has 0 spiro atoms. The van der Waals surface area contributed by atoms with Gasteiger partial charge in [0.2, 0.25) is 5.60 Å². The van der Waals surface area contributed by atoms with E-state index in [0.29, 0.717) is 26.1 Å². The zero-order chi connectivity index (χ0) is 43.2. The monoisotopic (exact) mass is 836 g/mol. The topological polar surface area (TPSA) is 121 Å². The fourth-order valence-corrected chi connectivity index (χ4v) is 7.50. The summed E-state index contributed by atoms with van der Waals surface area (Å²) in [6, 6.07) is 0. The molecule has 10 nitrogen and oxygen atoms in total. The second-order valence-corrected chi connectivity index (χ2v) is 17.1. The summed E-state index contributed by atoms with van der Waals surface area (Å²) < 4.78 is 29.3. The van der Waals surface area contributed by atoms with Crippen molar-refractivity contribution in [3.05, 3.63) is 24.3 Å². The van der Waals surface area contributed by atoms with Gasteiger partial charge in [0, 0.05) is 39.1 Å². The van der Waals surface area contributed by atoms with E-state index in [2.05, 4.69) is 50.0 Å². The van der Waals surface area contributed by atoms with E-state index < -0.39 is 30.0 Å². The zero-order valence-electron chi connectivity index (χ0n) is 38.5. The van der Waals surface area contributed by atoms with Crippen molar-refractivity contribution in [3.8, 4) is 0 Å². The first-order chi connectivity index (χ1) is 28.7. The fourth-order valence-electron chi connectivity index (χ4n) is 7.50. The van der Waals surface area contributed by atoms with Gasteiger partial charge in [-0.1, -0.05) is 142 Å². The normalized spacial score (nSPS) is 15.6. The van der Waals surface area contributed by atoms with Crippen LogP contribution in [-0.2, 0) is 33.3 Å². The lowest BCUT2D eigenvalue weighted by Crippen LogP contribution is -2.45. The van der Waals surface area contributed by atoms with E-state index in [1.165, 1.54) is 70.6 Å². The maximum atomic E-state index is 13.5. The van der Waals surface area contributed by atoms with Gasteiger partial charge in [0.25, 0.3) is 0 Å². The molecule has 1 N–H and O–H groups in total. The van der Waals surface area contributed by atoms with Gasteiger partial charge < -0.3 is 33.7 Å². The molecule has 344 valence electrons. The van der Waals surface area contributed by atoms with E-state index in [-0.39, 0.29) is 37.9 Å². The summed E-state index contributed by atoms with van der Waals surface area (Å²) in [6.07, 6.45) is 33.5. The third-order valence-corrected chi connectivity index (χ3v) is 11.3. The molecule has 0 amide bonds. The Morgan fingerprint density at radius 3 is 1.80 bits per heavy atom. The predicted octanol–water partition coefficient (Wildman–Crippen LogP) is 12.9. The Morgan fingerprint density at radius 1 is 0.712 bits per heavy atom. The second kappa shape index (κ2) is 37.3. The Labute approximate surface area is 360 Å². The number of piperidine rings is 1. The summed E-state index contributed by atoms with van der Waals surface area (Å²) in [6.45, 7) is 11.3. The highest BCUT2D eigenvalue weighted by atomic mass is 16.7. The van der Waals surface area contributed by atoms with Gasteiger partial charge in [0.05, 0.1) is 13.0 Å². The van der Waals surface area contributed by atoms with Crippen LogP contribution in [0, 0.1) is 5.92 Å². The number of ether oxygens (including phenoxy) is 5. The molecule has 0 aromatic rings. The molecule has 0 aromatic carbocycles. The number of carboxylic acids is 1. The second-order valence-electron chi connectivity index (χ2n) is 17.1. The molecule has 2 atom stereocenters. The van der Waals surface area contributed by atoms with E-state index in [1.807, 2.05) is 14.0 Å². The molecule has 0 bridgehead atoms. The van der Waals surface area contributed by atoms with Gasteiger partial charge in [-0.2, -0.15) is 0 Å². The molecular formula is C49H89NO9. The SMILES string of the molecule is CCCCCC=CCC=CCCCCCCC(CC(C)COC(=O)OC1CCN(C)CC1)(OC(=O)CCC(OCCCCCCCC)OCCCCCCCC)C(=O)O. The smallest absolute Gasteiger partial charge is 0.478 e. The van der Waals surface area contributed by atoms with Crippen LogP contribution in [-0.4, -0.2) is 86.1 Å². The van der Waals surface area contributed by atoms with Crippen LogP contribution in [0.3, 0.4) is 0 Å². The number of unbranched alkanes of at least 4 members (excludes halogenated alkanes) is 17. The maximum absolute atomic E-state index is 13.5. The minimum Gasteiger partial charge on any atom is -0.478 e. The van der Waals surface area contributed by atoms with Crippen LogP contribution < -0.4 is 0 Å². The highest BCUT2D eigenvalue weighted by Gasteiger charge is 2.43. The number of carbonyl (C=O) groups is 3. The molecule has 1 heterocycles. The molecule has 0 aromatic heterocycles. The number of carbonyl (C=O) groups excluding carboxylic acids is 2. The van der Waals surface area contributed by atoms with Gasteiger partial charge >= 0.3 is 18.1 Å². The standard InChI is InChI=1S/C49H89NO9/c1-6-9-12-15-18-19-20-21-22-23-24-25-26-29-36-49(47(52)53,41-43(4)42-57-48(54)58-44-34-37-50(5)38-35-44)59-45(51)32-33-46(55-39-30-27-16-13-10-7-2)56-40-31-28-17-14-11-8-3/h18-19,21-22,43-44,46H,6-17,20,23-42H2,1-5H3,(H,52,53). The van der Waals surface area contributed by atoms with E-state index in [4.69, 9.17) is 23.7 Å². The van der Waals surface area contributed by atoms with Crippen LogP contribution in [0.25, 0.3) is 0 Å². The molecule has 1 saturated heterocycles. The predicted molar refractivity (Wildman–Crippen MR) is 240 cm³/mol. The lowest BCUT2D eigenvalue weighted by Gasteiger charge is -2.32. The Kier molecular flexibility index (Phi) is 34.5. The van der Waals surface area contributed by atoms with Gasteiger partial charge in [-0.3, -0.25) is 4.79 Å². The molecule has 59 heavy (non-hydrogen) atoms. The minimum absolute atomic E-state index is 0.0132. The molecular weight excluding hydrogens is 747 g/mol. The van der Waals surface area contributed by atoms with Crippen molar-refractivity contribution >= 4 is 18.1 Å². The van der Waals surface area contributed by atoms with Gasteiger partial charge in [-0.15, -0.1) is 0 Å². The number of hydrogen-bond acceptors (Lipinski definition) is 9. The van der Waals surface area contributed by atoms with Gasteiger partial charge in [-0.05, 0) is 83.6 Å². The third kappa shape index (κ3) is 30.3. The molecule has 1 aliphatic heterocycles. The van der Waals surface area contributed by atoms with Crippen LogP contribution in [0.5, 0.6) is 0 Å². The van der Waals surface area contributed by atoms with E-state index in [9.17, 15) is 19.5 Å². The lowest BCUT2D eigenvalue weighted by atomic mass is 9.86. The first kappa shape index (κ1) is 54.6. The molecule has 0 saturated carbocycles. The van der Waals surface area contributed by atoms with Gasteiger partial charge in [0.15, 0.2) is 6.29 Å². The maximum Gasteiger partial charge on any atom is 0.508 e. The number of carboxylic acid groups (broad SMARTS) is 1. The number of likely N-dealkylation sites (tertiary alicyclic amines) is 1. The van der Waals surface area contributed by atoms with Gasteiger partial charge in [0.1, 0.15) is 6.10 Å². The van der Waals surface area contributed by atoms with Crippen molar-refractivity contribution in [3.63, 3.8) is 0 Å². The average Bonchev–Trinajstić information content (AvgIpc) is 3.21. The number of aliphatic carboxylic acids is 1. The Bertz CT molecular complexity index is 1070. The molecule has 1 fully saturated rings. The molecule has 1 rings (SSSR count). The zero-order valence-corrected chi connectivity index (χ0v) is 38.5. The molecule has 0 aliphatic carbocycles. The van der Waals surface area contributed by atoms with Crippen LogP contribution in [0.1, 0.15) is 207 Å². The summed E-state index contributed by atoms with van der Waals surface area (Å²) >= 11 is 0. The Morgan fingerprint density at radius 2 is 1.22 bits per heavy atom. The highest BCUT2D eigenvalue weighted by molar-refractivity contribution is 5.82. The average molecular weight is 836 g/mol. The largest absolute Gasteiger partial charge is 0.508 e. The molecule has 0 radical (unpaired) electrons. The minimum atomic E-state index is -1.74. The third-order valence-electron chi connectivity index (χ3n) is 11.3. The first-order valence-corrected chi connectivity index (χ1v) is 24.2. The van der Waals surface area contributed by atoms with Crippen molar-refractivity contribution in [2.75, 3.05) is 40.0 Å². The molecule has 2 unspecified atom stereocenters. The van der Waals surface area contributed by atoms with Crippen molar-refractivity contribution < 1.29 is 43.2 Å². The fraction of sp³-hybridized carbons (Fsp3) is 0.857. The quantitative estimate of drug-likeness (QED) is 0.0277. The summed E-state index contributed by atoms with van der Waals surface area (Å²) in [5, 5.41) is 10.7. The van der Waals surface area contributed by atoms with Crippen LogP contribution >= 0.6 is 0 Å². The van der Waals surface area contributed by atoms with Crippen molar-refractivity contribution in [2.24, 2.45) is 5.92 Å². The summed E-state index contributed by atoms with van der Waals surface area (Å²) in [5.74, 6) is -2.14. The van der Waals surface area contributed by atoms with Crippen LogP contribution in [0.2, 0.25) is 0 Å². The summed E-state index contributed by atoms with van der Waals surface area (Å²) in [4.78, 5) is 41.4. The van der Waals surface area contributed by atoms with Crippen molar-refractivity contribution in [1.29, 1.82) is 0 Å². The summed E-state index contributed by atoms with van der Waals surface area (Å²) in [7, 11) is 2.04. The Hall–Kier alpha value is -2.43. The van der Waals surface area contributed by atoms with Gasteiger partial charge in [-0.25, -0.2) is 9.59 Å². The molecule has 1 aliphatic rings.